The van der Waals surface area contributed by atoms with Crippen molar-refractivity contribution in [3.63, 3.8) is 0 Å². The van der Waals surface area contributed by atoms with Gasteiger partial charge in [0, 0.05) is 30.7 Å². The number of halogens is 4. The quantitative estimate of drug-likeness (QED) is 0.680. The normalized spacial score (nSPS) is 10.8. The largest absolute Gasteiger partial charge is 0.441 e. The van der Waals surface area contributed by atoms with Gasteiger partial charge >= 0.3 is 0 Å². The first-order chi connectivity index (χ1) is 12.4. The number of amides is 1. The zero-order chi connectivity index (χ0) is 18.7. The van der Waals surface area contributed by atoms with Crippen LogP contribution in [0.5, 0.6) is 0 Å². The van der Waals surface area contributed by atoms with Crippen LogP contribution in [0.1, 0.15) is 12.3 Å². The fraction of sp³-hybridized carbons (Fsp3) is 0.111. The zero-order valence-corrected chi connectivity index (χ0v) is 13.2. The molecular weight excluding hydrogens is 352 g/mol. The number of oxazole rings is 1. The van der Waals surface area contributed by atoms with Crippen LogP contribution >= 0.6 is 0 Å². The molecule has 4 nitrogen and oxygen atoms in total. The first-order valence-corrected chi connectivity index (χ1v) is 7.57. The van der Waals surface area contributed by atoms with Gasteiger partial charge in [-0.15, -0.1) is 0 Å². The Balaban J connectivity index is 1.61. The number of anilines is 1. The summed E-state index contributed by atoms with van der Waals surface area (Å²) in [6, 6.07) is 5.71. The first-order valence-electron chi connectivity index (χ1n) is 7.57. The van der Waals surface area contributed by atoms with E-state index < -0.39 is 29.2 Å². The maximum Gasteiger partial charge on any atom is 0.224 e. The number of aryl methyl sites for hydroxylation is 1. The lowest BCUT2D eigenvalue weighted by Gasteiger charge is -2.04. The summed E-state index contributed by atoms with van der Waals surface area (Å²) in [5, 5.41) is 2.36. The predicted octanol–water partition coefficient (Wildman–Crippen LogP) is 4.47. The van der Waals surface area contributed by atoms with Crippen molar-refractivity contribution in [3.05, 3.63) is 71.8 Å². The lowest BCUT2D eigenvalue weighted by Crippen LogP contribution is -2.12. The molecule has 26 heavy (non-hydrogen) atoms. The van der Waals surface area contributed by atoms with E-state index in [9.17, 15) is 22.4 Å². The molecule has 134 valence electrons. The van der Waals surface area contributed by atoms with Gasteiger partial charge in [-0.25, -0.2) is 22.5 Å². The number of benzene rings is 2. The summed E-state index contributed by atoms with van der Waals surface area (Å²) in [6.45, 7) is 0. The number of carbonyl (C=O) groups is 1. The van der Waals surface area contributed by atoms with E-state index in [-0.39, 0.29) is 35.7 Å². The molecule has 0 saturated heterocycles. The van der Waals surface area contributed by atoms with Crippen molar-refractivity contribution in [1.82, 2.24) is 4.98 Å². The molecule has 0 fully saturated rings. The Labute approximate surface area is 145 Å². The Kier molecular flexibility index (Phi) is 5.01. The molecule has 1 heterocycles. The van der Waals surface area contributed by atoms with Crippen LogP contribution in [0.4, 0.5) is 23.2 Å². The average Bonchev–Trinajstić information content (AvgIpc) is 3.00. The number of carbonyl (C=O) groups excluding carboxylic acids is 1. The Bertz CT molecular complexity index is 936. The van der Waals surface area contributed by atoms with Crippen LogP contribution in [0.3, 0.4) is 0 Å². The topological polar surface area (TPSA) is 55.1 Å². The van der Waals surface area contributed by atoms with E-state index in [1.807, 2.05) is 0 Å². The van der Waals surface area contributed by atoms with Gasteiger partial charge in [0.05, 0.1) is 11.8 Å². The van der Waals surface area contributed by atoms with Crippen LogP contribution in [0, 0.1) is 23.3 Å². The summed E-state index contributed by atoms with van der Waals surface area (Å²) in [5.41, 5.74) is 0.0406. The summed E-state index contributed by atoms with van der Waals surface area (Å²) in [6.07, 6.45) is 1.29. The maximum absolute atomic E-state index is 13.7. The molecule has 0 bridgehead atoms. The molecule has 2 aromatic carbocycles. The van der Waals surface area contributed by atoms with Gasteiger partial charge in [-0.1, -0.05) is 0 Å². The van der Waals surface area contributed by atoms with Crippen LogP contribution in [0.2, 0.25) is 0 Å². The van der Waals surface area contributed by atoms with Crippen molar-refractivity contribution in [3.8, 4) is 11.3 Å². The van der Waals surface area contributed by atoms with Gasteiger partial charge in [-0.3, -0.25) is 4.79 Å². The zero-order valence-electron chi connectivity index (χ0n) is 13.2. The SMILES string of the molecule is O=C(CCc1ncc(-c2ccc(F)cc2F)o1)Nc1cc(F)cc(F)c1. The second-order valence-electron chi connectivity index (χ2n) is 5.45. The maximum atomic E-state index is 13.7. The Morgan fingerprint density at radius 3 is 2.42 bits per heavy atom. The van der Waals surface area contributed by atoms with Gasteiger partial charge in [0.25, 0.3) is 0 Å². The van der Waals surface area contributed by atoms with Gasteiger partial charge in [0.15, 0.2) is 11.7 Å². The average molecular weight is 364 g/mol. The van der Waals surface area contributed by atoms with Crippen molar-refractivity contribution in [2.75, 3.05) is 5.32 Å². The van der Waals surface area contributed by atoms with E-state index in [2.05, 4.69) is 10.3 Å². The molecule has 1 aromatic heterocycles. The molecule has 0 aliphatic heterocycles. The molecule has 0 atom stereocenters. The fourth-order valence-corrected chi connectivity index (χ4v) is 2.31. The number of hydrogen-bond acceptors (Lipinski definition) is 3. The van der Waals surface area contributed by atoms with E-state index in [1.165, 1.54) is 12.3 Å². The number of hydrogen-bond donors (Lipinski definition) is 1. The third-order valence-electron chi connectivity index (χ3n) is 3.46. The van der Waals surface area contributed by atoms with Crippen LogP contribution in [0.15, 0.2) is 47.0 Å². The van der Waals surface area contributed by atoms with Gasteiger partial charge in [-0.05, 0) is 24.3 Å². The van der Waals surface area contributed by atoms with Gasteiger partial charge in [0.1, 0.15) is 23.3 Å². The van der Waals surface area contributed by atoms with Crippen LogP contribution in [-0.2, 0) is 11.2 Å². The molecule has 0 unspecified atom stereocenters. The molecule has 0 radical (unpaired) electrons. The standard InChI is InChI=1S/C18H12F4N2O2/c19-10-1-2-14(15(22)8-10)16-9-23-18(26-16)4-3-17(25)24-13-6-11(20)5-12(21)7-13/h1-2,5-9H,3-4H2,(H,24,25). The second-order valence-corrected chi connectivity index (χ2v) is 5.45. The minimum atomic E-state index is -0.807. The van der Waals surface area contributed by atoms with Gasteiger partial charge in [-0.2, -0.15) is 0 Å². The summed E-state index contributed by atoms with van der Waals surface area (Å²) < 4.78 is 58.2. The lowest BCUT2D eigenvalue weighted by molar-refractivity contribution is -0.116. The molecule has 3 rings (SSSR count). The number of nitrogens with zero attached hydrogens (tertiary/aromatic N) is 1. The Morgan fingerprint density at radius 1 is 1.00 bits per heavy atom. The molecule has 3 aromatic rings. The smallest absolute Gasteiger partial charge is 0.224 e. The van der Waals surface area contributed by atoms with E-state index >= 15 is 0 Å². The number of nitrogens with one attached hydrogen (secondary N) is 1. The van der Waals surface area contributed by atoms with Crippen LogP contribution in [-0.4, -0.2) is 10.9 Å². The molecule has 0 aliphatic rings. The number of rotatable bonds is 5. The highest BCUT2D eigenvalue weighted by molar-refractivity contribution is 5.90. The van der Waals surface area contributed by atoms with Crippen molar-refractivity contribution in [1.29, 1.82) is 0 Å². The van der Waals surface area contributed by atoms with Gasteiger partial charge < -0.3 is 9.73 Å². The first kappa shape index (κ1) is 17.7. The molecule has 1 N–H and O–H groups in total. The minimum Gasteiger partial charge on any atom is -0.441 e. The third kappa shape index (κ3) is 4.27. The molecule has 0 spiro atoms. The molecule has 0 saturated carbocycles. The summed E-state index contributed by atoms with van der Waals surface area (Å²) in [4.78, 5) is 15.8. The van der Waals surface area contributed by atoms with Crippen LogP contribution < -0.4 is 5.32 Å². The highest BCUT2D eigenvalue weighted by atomic mass is 19.1. The molecule has 0 aliphatic carbocycles. The highest BCUT2D eigenvalue weighted by Crippen LogP contribution is 2.24. The Morgan fingerprint density at radius 2 is 1.73 bits per heavy atom. The second kappa shape index (κ2) is 7.38. The number of aromatic nitrogens is 1. The van der Waals surface area contributed by atoms with E-state index in [0.717, 1.165) is 24.3 Å². The summed E-state index contributed by atoms with van der Waals surface area (Å²) in [7, 11) is 0. The predicted molar refractivity (Wildman–Crippen MR) is 85.2 cm³/mol. The fourth-order valence-electron chi connectivity index (χ4n) is 2.31. The van der Waals surface area contributed by atoms with Crippen molar-refractivity contribution in [2.24, 2.45) is 0 Å². The van der Waals surface area contributed by atoms with E-state index in [4.69, 9.17) is 4.42 Å². The monoisotopic (exact) mass is 364 g/mol. The molecule has 1 amide bonds. The van der Waals surface area contributed by atoms with Crippen molar-refractivity contribution < 1.29 is 26.8 Å². The summed E-state index contributed by atoms with van der Waals surface area (Å²) in [5.74, 6) is -3.34. The third-order valence-corrected chi connectivity index (χ3v) is 3.46. The molecular formula is C18H12F4N2O2. The van der Waals surface area contributed by atoms with Crippen molar-refractivity contribution >= 4 is 11.6 Å². The van der Waals surface area contributed by atoms with Crippen LogP contribution in [0.25, 0.3) is 11.3 Å². The molecule has 8 heteroatoms. The minimum absolute atomic E-state index is 0.00558. The van der Waals surface area contributed by atoms with E-state index in [0.29, 0.717) is 6.07 Å². The Hall–Kier alpha value is -3.16. The van der Waals surface area contributed by atoms with Crippen molar-refractivity contribution in [2.45, 2.75) is 12.8 Å². The lowest BCUT2D eigenvalue weighted by atomic mass is 10.2. The van der Waals surface area contributed by atoms with E-state index in [1.54, 1.807) is 0 Å². The summed E-state index contributed by atoms with van der Waals surface area (Å²) >= 11 is 0. The highest BCUT2D eigenvalue weighted by Gasteiger charge is 2.13. The van der Waals surface area contributed by atoms with Gasteiger partial charge in [0.2, 0.25) is 5.91 Å².